The standard InChI is InChI=1S/C15H26N4O/c1-5-18-7-6-12(10-18)8-16-14(20)13-9-17-19(11-13)15(2,3)4/h9,11-12H,5-8,10H2,1-4H3,(H,16,20)/t12-/m1/s1. The highest BCUT2D eigenvalue weighted by molar-refractivity contribution is 5.93. The SMILES string of the molecule is CCN1CC[C@H](CNC(=O)c2cnn(C(C)(C)C)c2)C1. The second-order valence-electron chi connectivity index (χ2n) is 6.60. The van der Waals surface area contributed by atoms with Gasteiger partial charge >= 0.3 is 0 Å². The lowest BCUT2D eigenvalue weighted by atomic mass is 10.1. The summed E-state index contributed by atoms with van der Waals surface area (Å²) in [7, 11) is 0. The highest BCUT2D eigenvalue weighted by Crippen LogP contribution is 2.15. The fourth-order valence-corrected chi connectivity index (χ4v) is 2.51. The van der Waals surface area contributed by atoms with E-state index < -0.39 is 0 Å². The normalized spacial score (nSPS) is 20.3. The highest BCUT2D eigenvalue weighted by Gasteiger charge is 2.22. The molecule has 1 aliphatic rings. The van der Waals surface area contributed by atoms with Crippen molar-refractivity contribution in [3.05, 3.63) is 18.0 Å². The first-order valence-electron chi connectivity index (χ1n) is 7.46. The van der Waals surface area contributed by atoms with Crippen LogP contribution in [0.3, 0.4) is 0 Å². The van der Waals surface area contributed by atoms with Crippen LogP contribution < -0.4 is 5.32 Å². The van der Waals surface area contributed by atoms with Gasteiger partial charge < -0.3 is 10.2 Å². The van der Waals surface area contributed by atoms with Crippen molar-refractivity contribution in [2.75, 3.05) is 26.2 Å². The van der Waals surface area contributed by atoms with E-state index in [0.29, 0.717) is 11.5 Å². The predicted octanol–water partition coefficient (Wildman–Crippen LogP) is 1.71. The van der Waals surface area contributed by atoms with Crippen molar-refractivity contribution in [2.45, 2.75) is 39.7 Å². The van der Waals surface area contributed by atoms with Crippen LogP contribution in [-0.2, 0) is 5.54 Å². The molecule has 0 unspecified atom stereocenters. The molecule has 0 bridgehead atoms. The molecule has 112 valence electrons. The second-order valence-corrected chi connectivity index (χ2v) is 6.60. The molecule has 1 aromatic rings. The smallest absolute Gasteiger partial charge is 0.254 e. The van der Waals surface area contributed by atoms with E-state index in [1.165, 1.54) is 6.42 Å². The maximum absolute atomic E-state index is 12.1. The van der Waals surface area contributed by atoms with E-state index in [-0.39, 0.29) is 11.4 Å². The Bertz CT molecular complexity index is 461. The van der Waals surface area contributed by atoms with Crippen LogP contribution >= 0.6 is 0 Å². The number of nitrogens with zero attached hydrogens (tertiary/aromatic N) is 3. The lowest BCUT2D eigenvalue weighted by molar-refractivity contribution is 0.0947. The number of nitrogens with one attached hydrogen (secondary N) is 1. The molecule has 2 heterocycles. The van der Waals surface area contributed by atoms with Gasteiger partial charge in [0.15, 0.2) is 0 Å². The minimum atomic E-state index is -0.0917. The monoisotopic (exact) mass is 278 g/mol. The molecule has 0 aliphatic carbocycles. The third kappa shape index (κ3) is 3.60. The molecule has 0 aromatic carbocycles. The summed E-state index contributed by atoms with van der Waals surface area (Å²) in [6.07, 6.45) is 4.64. The summed E-state index contributed by atoms with van der Waals surface area (Å²) in [5.74, 6) is 0.562. The maximum Gasteiger partial charge on any atom is 0.254 e. The quantitative estimate of drug-likeness (QED) is 0.912. The molecule has 5 heteroatoms. The van der Waals surface area contributed by atoms with Gasteiger partial charge in [0.05, 0.1) is 17.3 Å². The van der Waals surface area contributed by atoms with Crippen molar-refractivity contribution < 1.29 is 4.79 Å². The van der Waals surface area contributed by atoms with Crippen molar-refractivity contribution in [1.82, 2.24) is 20.0 Å². The average Bonchev–Trinajstić information content (AvgIpc) is 3.04. The Morgan fingerprint density at radius 3 is 2.80 bits per heavy atom. The molecule has 1 N–H and O–H groups in total. The number of amides is 1. The van der Waals surface area contributed by atoms with Gasteiger partial charge in [0, 0.05) is 19.3 Å². The van der Waals surface area contributed by atoms with E-state index in [0.717, 1.165) is 26.2 Å². The summed E-state index contributed by atoms with van der Waals surface area (Å²) < 4.78 is 1.83. The number of hydrogen-bond donors (Lipinski definition) is 1. The Morgan fingerprint density at radius 1 is 1.50 bits per heavy atom. The molecule has 0 spiro atoms. The Hall–Kier alpha value is -1.36. The Kier molecular flexibility index (Phi) is 4.48. The molecule has 1 atom stereocenters. The number of carbonyl (C=O) groups is 1. The first kappa shape index (κ1) is 15.0. The molecule has 1 aliphatic heterocycles. The fraction of sp³-hybridized carbons (Fsp3) is 0.733. The molecule has 1 saturated heterocycles. The van der Waals surface area contributed by atoms with Gasteiger partial charge in [-0.05, 0) is 46.2 Å². The molecule has 1 aromatic heterocycles. The van der Waals surface area contributed by atoms with Gasteiger partial charge in [0.1, 0.15) is 0 Å². The summed E-state index contributed by atoms with van der Waals surface area (Å²) in [6.45, 7) is 12.5. The number of rotatable bonds is 4. The first-order valence-corrected chi connectivity index (χ1v) is 7.46. The van der Waals surface area contributed by atoms with E-state index in [1.807, 2.05) is 10.9 Å². The molecule has 20 heavy (non-hydrogen) atoms. The zero-order chi connectivity index (χ0) is 14.8. The molecule has 2 rings (SSSR count). The topological polar surface area (TPSA) is 50.2 Å². The van der Waals surface area contributed by atoms with Crippen LogP contribution in [0.25, 0.3) is 0 Å². The van der Waals surface area contributed by atoms with E-state index >= 15 is 0 Å². The van der Waals surface area contributed by atoms with E-state index in [2.05, 4.69) is 43.0 Å². The Labute approximate surface area is 121 Å². The van der Waals surface area contributed by atoms with Crippen molar-refractivity contribution in [1.29, 1.82) is 0 Å². The number of hydrogen-bond acceptors (Lipinski definition) is 3. The molecule has 1 fully saturated rings. The second kappa shape index (κ2) is 5.95. The largest absolute Gasteiger partial charge is 0.352 e. The number of carbonyl (C=O) groups excluding carboxylic acids is 1. The first-order chi connectivity index (χ1) is 9.40. The summed E-state index contributed by atoms with van der Waals surface area (Å²) in [4.78, 5) is 14.5. The zero-order valence-electron chi connectivity index (χ0n) is 13.0. The molecule has 0 saturated carbocycles. The van der Waals surface area contributed by atoms with E-state index in [4.69, 9.17) is 0 Å². The summed E-state index contributed by atoms with van der Waals surface area (Å²) in [6, 6.07) is 0. The van der Waals surface area contributed by atoms with Gasteiger partial charge in [-0.25, -0.2) is 0 Å². The lowest BCUT2D eigenvalue weighted by Crippen LogP contribution is -2.31. The minimum absolute atomic E-state index is 0.0181. The summed E-state index contributed by atoms with van der Waals surface area (Å²) in [5.41, 5.74) is 0.552. The Balaban J connectivity index is 1.85. The third-order valence-electron chi connectivity index (χ3n) is 3.90. The molecule has 5 nitrogen and oxygen atoms in total. The van der Waals surface area contributed by atoms with Gasteiger partial charge in [0.2, 0.25) is 0 Å². The number of aromatic nitrogens is 2. The van der Waals surface area contributed by atoms with Gasteiger partial charge in [0.25, 0.3) is 5.91 Å². The highest BCUT2D eigenvalue weighted by atomic mass is 16.1. The van der Waals surface area contributed by atoms with Gasteiger partial charge in [-0.2, -0.15) is 5.10 Å². The lowest BCUT2D eigenvalue weighted by Gasteiger charge is -2.18. The number of likely N-dealkylation sites (tertiary alicyclic amines) is 1. The van der Waals surface area contributed by atoms with Crippen LogP contribution in [0.5, 0.6) is 0 Å². The van der Waals surface area contributed by atoms with Crippen LogP contribution in [0.2, 0.25) is 0 Å². The fourth-order valence-electron chi connectivity index (χ4n) is 2.51. The predicted molar refractivity (Wildman–Crippen MR) is 79.8 cm³/mol. The Morgan fingerprint density at radius 2 is 2.25 bits per heavy atom. The average molecular weight is 278 g/mol. The zero-order valence-corrected chi connectivity index (χ0v) is 13.0. The van der Waals surface area contributed by atoms with E-state index in [9.17, 15) is 4.79 Å². The molecular weight excluding hydrogens is 252 g/mol. The van der Waals surface area contributed by atoms with Crippen molar-refractivity contribution in [3.8, 4) is 0 Å². The van der Waals surface area contributed by atoms with Crippen molar-refractivity contribution >= 4 is 5.91 Å². The molecule has 0 radical (unpaired) electrons. The molecule has 1 amide bonds. The summed E-state index contributed by atoms with van der Waals surface area (Å²) in [5, 5.41) is 7.29. The van der Waals surface area contributed by atoms with Gasteiger partial charge in [-0.3, -0.25) is 9.48 Å². The van der Waals surface area contributed by atoms with Crippen LogP contribution in [0.15, 0.2) is 12.4 Å². The molecular formula is C15H26N4O. The van der Waals surface area contributed by atoms with Crippen LogP contribution in [-0.4, -0.2) is 46.8 Å². The van der Waals surface area contributed by atoms with Crippen molar-refractivity contribution in [2.24, 2.45) is 5.92 Å². The minimum Gasteiger partial charge on any atom is -0.352 e. The van der Waals surface area contributed by atoms with Gasteiger partial charge in [-0.15, -0.1) is 0 Å². The van der Waals surface area contributed by atoms with E-state index in [1.54, 1.807) is 6.20 Å². The van der Waals surface area contributed by atoms with Crippen molar-refractivity contribution in [3.63, 3.8) is 0 Å². The van der Waals surface area contributed by atoms with Crippen LogP contribution in [0.1, 0.15) is 44.5 Å². The van der Waals surface area contributed by atoms with Crippen LogP contribution in [0, 0.1) is 5.92 Å². The van der Waals surface area contributed by atoms with Gasteiger partial charge in [-0.1, -0.05) is 6.92 Å². The third-order valence-corrected chi connectivity index (χ3v) is 3.90. The maximum atomic E-state index is 12.1. The van der Waals surface area contributed by atoms with Crippen LogP contribution in [0.4, 0.5) is 0 Å². The summed E-state index contributed by atoms with van der Waals surface area (Å²) >= 11 is 0.